The molecule has 8 heteroatoms. The first kappa shape index (κ1) is 20.0. The molecule has 1 saturated carbocycles. The average Bonchev–Trinajstić information content (AvgIpc) is 3.48. The minimum Gasteiger partial charge on any atom is -0.497 e. The van der Waals surface area contributed by atoms with Gasteiger partial charge in [-0.1, -0.05) is 19.6 Å². The van der Waals surface area contributed by atoms with Crippen molar-refractivity contribution in [2.75, 3.05) is 14.2 Å². The molecule has 3 aromatic heterocycles. The summed E-state index contributed by atoms with van der Waals surface area (Å²) in [5.74, 6) is 0.779. The van der Waals surface area contributed by atoms with Crippen LogP contribution in [0.4, 0.5) is 0 Å². The molecule has 3 heterocycles. The SMILES string of the molecule is C.COc1ccc(Cn2c(=O)n3ncnc3c3ccc(CN(C)C4CC4)nc32)cc1. The van der Waals surface area contributed by atoms with Gasteiger partial charge in [0.15, 0.2) is 5.65 Å². The molecule has 156 valence electrons. The van der Waals surface area contributed by atoms with Crippen LogP contribution in [-0.4, -0.2) is 49.2 Å². The summed E-state index contributed by atoms with van der Waals surface area (Å²) in [6.07, 6.45) is 3.89. The minimum absolute atomic E-state index is 0. The van der Waals surface area contributed by atoms with Crippen molar-refractivity contribution in [2.24, 2.45) is 0 Å². The molecule has 1 aliphatic carbocycles. The average molecular weight is 406 g/mol. The molecular formula is C22H26N6O2. The number of fused-ring (bicyclic) bond motifs is 3. The van der Waals surface area contributed by atoms with Gasteiger partial charge < -0.3 is 4.74 Å². The molecule has 0 atom stereocenters. The fraction of sp³-hybridized carbons (Fsp3) is 0.364. The van der Waals surface area contributed by atoms with Crippen LogP contribution in [0.1, 0.15) is 31.5 Å². The number of nitrogens with zero attached hydrogens (tertiary/aromatic N) is 6. The monoisotopic (exact) mass is 406 g/mol. The second-order valence-electron chi connectivity index (χ2n) is 7.53. The minimum atomic E-state index is -0.249. The summed E-state index contributed by atoms with van der Waals surface area (Å²) in [5.41, 5.74) is 2.84. The van der Waals surface area contributed by atoms with Gasteiger partial charge in [-0.3, -0.25) is 9.47 Å². The van der Waals surface area contributed by atoms with Gasteiger partial charge in [-0.2, -0.15) is 9.61 Å². The number of pyridine rings is 1. The number of benzene rings is 1. The van der Waals surface area contributed by atoms with Crippen LogP contribution in [0.3, 0.4) is 0 Å². The first-order valence-corrected chi connectivity index (χ1v) is 9.69. The molecule has 0 saturated heterocycles. The molecule has 0 amide bonds. The quantitative estimate of drug-likeness (QED) is 0.490. The number of rotatable bonds is 6. The van der Waals surface area contributed by atoms with E-state index in [-0.39, 0.29) is 13.1 Å². The van der Waals surface area contributed by atoms with Crippen LogP contribution < -0.4 is 10.4 Å². The maximum atomic E-state index is 13.1. The molecule has 1 aliphatic rings. The van der Waals surface area contributed by atoms with Gasteiger partial charge in [0.2, 0.25) is 0 Å². The van der Waals surface area contributed by atoms with E-state index in [1.54, 1.807) is 11.7 Å². The molecular weight excluding hydrogens is 380 g/mol. The van der Waals surface area contributed by atoms with Crippen LogP contribution in [0.25, 0.3) is 16.7 Å². The van der Waals surface area contributed by atoms with Gasteiger partial charge in [-0.25, -0.2) is 14.8 Å². The summed E-state index contributed by atoms with van der Waals surface area (Å²) in [4.78, 5) is 24.6. The Labute approximate surface area is 174 Å². The number of methoxy groups -OCH3 is 1. The molecule has 1 fully saturated rings. The van der Waals surface area contributed by atoms with Crippen molar-refractivity contribution in [1.29, 1.82) is 0 Å². The molecule has 5 rings (SSSR count). The number of hydrogen-bond donors (Lipinski definition) is 0. The van der Waals surface area contributed by atoms with E-state index < -0.39 is 0 Å². The maximum absolute atomic E-state index is 13.1. The molecule has 0 spiro atoms. The maximum Gasteiger partial charge on any atom is 0.352 e. The van der Waals surface area contributed by atoms with Crippen molar-refractivity contribution in [1.82, 2.24) is 29.0 Å². The zero-order valence-electron chi connectivity index (χ0n) is 16.4. The Kier molecular flexibility index (Phi) is 5.26. The summed E-state index contributed by atoms with van der Waals surface area (Å²) in [6, 6.07) is 12.3. The molecule has 0 N–H and O–H groups in total. The Morgan fingerprint density at radius 3 is 2.60 bits per heavy atom. The second kappa shape index (κ2) is 7.87. The summed E-state index contributed by atoms with van der Waals surface area (Å²) in [7, 11) is 3.76. The van der Waals surface area contributed by atoms with Gasteiger partial charge in [0.05, 0.1) is 24.7 Å². The first-order chi connectivity index (χ1) is 14.1. The van der Waals surface area contributed by atoms with E-state index in [1.165, 1.54) is 23.7 Å². The Hall–Kier alpha value is -3.26. The van der Waals surface area contributed by atoms with Crippen LogP contribution in [0.5, 0.6) is 5.75 Å². The van der Waals surface area contributed by atoms with Crippen molar-refractivity contribution in [3.63, 3.8) is 0 Å². The molecule has 30 heavy (non-hydrogen) atoms. The largest absolute Gasteiger partial charge is 0.497 e. The Morgan fingerprint density at radius 2 is 1.90 bits per heavy atom. The lowest BCUT2D eigenvalue weighted by molar-refractivity contribution is 0.313. The van der Waals surface area contributed by atoms with Crippen molar-refractivity contribution in [2.45, 2.75) is 39.4 Å². The number of hydrogen-bond acceptors (Lipinski definition) is 6. The van der Waals surface area contributed by atoms with Crippen molar-refractivity contribution < 1.29 is 4.74 Å². The highest BCUT2D eigenvalue weighted by Gasteiger charge is 2.26. The van der Waals surface area contributed by atoms with Crippen molar-refractivity contribution in [3.05, 3.63) is 64.5 Å². The van der Waals surface area contributed by atoms with E-state index in [2.05, 4.69) is 22.0 Å². The lowest BCUT2D eigenvalue weighted by Gasteiger charge is -2.16. The summed E-state index contributed by atoms with van der Waals surface area (Å²) >= 11 is 0. The molecule has 0 radical (unpaired) electrons. The number of aromatic nitrogens is 5. The van der Waals surface area contributed by atoms with Gasteiger partial charge in [0, 0.05) is 12.6 Å². The first-order valence-electron chi connectivity index (χ1n) is 9.69. The third kappa shape index (κ3) is 3.54. The fourth-order valence-electron chi connectivity index (χ4n) is 3.68. The molecule has 0 aliphatic heterocycles. The summed E-state index contributed by atoms with van der Waals surface area (Å²) in [5, 5.41) is 4.93. The Morgan fingerprint density at radius 1 is 1.13 bits per heavy atom. The highest BCUT2D eigenvalue weighted by Crippen LogP contribution is 2.27. The molecule has 4 aromatic rings. The molecule has 8 nitrogen and oxygen atoms in total. The third-order valence-corrected chi connectivity index (χ3v) is 5.47. The number of ether oxygens (including phenoxy) is 1. The van der Waals surface area contributed by atoms with Crippen LogP contribution in [0.2, 0.25) is 0 Å². The van der Waals surface area contributed by atoms with Crippen molar-refractivity contribution >= 4 is 16.7 Å². The fourth-order valence-corrected chi connectivity index (χ4v) is 3.68. The zero-order valence-corrected chi connectivity index (χ0v) is 16.4. The van der Waals surface area contributed by atoms with E-state index in [9.17, 15) is 4.79 Å². The van der Waals surface area contributed by atoms with Crippen LogP contribution in [-0.2, 0) is 13.1 Å². The normalized spacial score (nSPS) is 13.7. The van der Waals surface area contributed by atoms with Crippen LogP contribution >= 0.6 is 0 Å². The van der Waals surface area contributed by atoms with E-state index in [1.807, 2.05) is 36.4 Å². The van der Waals surface area contributed by atoms with Crippen LogP contribution in [0, 0.1) is 0 Å². The standard InChI is InChI=1S/C21H22N6O2.CH4/c1-25(16-6-7-16)12-15-5-10-18-19-22-13-23-27(19)21(28)26(20(18)24-15)11-14-3-8-17(29-2)9-4-14;/h3-5,8-10,13,16H,6-7,11-12H2,1-2H3;1H4. The lowest BCUT2D eigenvalue weighted by atomic mass is 10.2. The van der Waals surface area contributed by atoms with Crippen LogP contribution in [0.15, 0.2) is 47.5 Å². The predicted molar refractivity (Wildman–Crippen MR) is 116 cm³/mol. The van der Waals surface area contributed by atoms with E-state index in [4.69, 9.17) is 9.72 Å². The summed E-state index contributed by atoms with van der Waals surface area (Å²) < 4.78 is 8.23. The van der Waals surface area contributed by atoms with Crippen molar-refractivity contribution in [3.8, 4) is 5.75 Å². The third-order valence-electron chi connectivity index (χ3n) is 5.47. The summed E-state index contributed by atoms with van der Waals surface area (Å²) in [6.45, 7) is 1.15. The van der Waals surface area contributed by atoms with Gasteiger partial charge in [-0.05, 0) is 49.7 Å². The Bertz CT molecular complexity index is 1240. The highest BCUT2D eigenvalue weighted by molar-refractivity contribution is 5.88. The smallest absolute Gasteiger partial charge is 0.352 e. The molecule has 0 unspecified atom stereocenters. The topological polar surface area (TPSA) is 77.5 Å². The Balaban J connectivity index is 0.00000218. The lowest BCUT2D eigenvalue weighted by Crippen LogP contribution is -2.29. The molecule has 0 bridgehead atoms. The predicted octanol–water partition coefficient (Wildman–Crippen LogP) is 2.73. The van der Waals surface area contributed by atoms with E-state index in [0.717, 1.165) is 28.9 Å². The highest BCUT2D eigenvalue weighted by atomic mass is 16.5. The van der Waals surface area contributed by atoms with Gasteiger partial charge in [0.1, 0.15) is 17.7 Å². The van der Waals surface area contributed by atoms with Gasteiger partial charge in [-0.15, -0.1) is 0 Å². The zero-order chi connectivity index (χ0) is 20.0. The van der Waals surface area contributed by atoms with Gasteiger partial charge in [0.25, 0.3) is 0 Å². The van der Waals surface area contributed by atoms with Gasteiger partial charge >= 0.3 is 5.69 Å². The second-order valence-corrected chi connectivity index (χ2v) is 7.53. The van der Waals surface area contributed by atoms with E-state index >= 15 is 0 Å². The van der Waals surface area contributed by atoms with E-state index in [0.29, 0.717) is 23.9 Å². The molecule has 1 aromatic carbocycles.